The van der Waals surface area contributed by atoms with E-state index in [-0.39, 0.29) is 11.7 Å². The molecule has 0 aliphatic heterocycles. The zero-order valence-electron chi connectivity index (χ0n) is 11.0. The maximum atomic E-state index is 11.7. The summed E-state index contributed by atoms with van der Waals surface area (Å²) < 4.78 is 5.45. The molecule has 0 aliphatic carbocycles. The second-order valence-corrected chi connectivity index (χ2v) is 4.24. The van der Waals surface area contributed by atoms with E-state index in [2.05, 4.69) is 10.3 Å². The molecule has 5 heteroatoms. The van der Waals surface area contributed by atoms with Crippen molar-refractivity contribution in [3.8, 4) is 11.5 Å². The maximum Gasteiger partial charge on any atom is 0.224 e. The molecule has 0 aliphatic rings. The molecule has 20 heavy (non-hydrogen) atoms. The number of aromatic nitrogens is 1. The minimum absolute atomic E-state index is 0.0783. The average molecular weight is 272 g/mol. The first-order valence-corrected chi connectivity index (χ1v) is 6.36. The van der Waals surface area contributed by atoms with Gasteiger partial charge in [0.2, 0.25) is 5.91 Å². The number of ether oxygens (including phenoxy) is 1. The number of nitrogens with one attached hydrogen (secondary N) is 1. The van der Waals surface area contributed by atoms with Crippen molar-refractivity contribution in [2.45, 2.75) is 12.8 Å². The summed E-state index contributed by atoms with van der Waals surface area (Å²) in [5.41, 5.74) is 0.668. The van der Waals surface area contributed by atoms with Gasteiger partial charge in [-0.05, 0) is 42.8 Å². The Morgan fingerprint density at radius 3 is 2.75 bits per heavy atom. The highest BCUT2D eigenvalue weighted by Gasteiger charge is 2.02. The van der Waals surface area contributed by atoms with E-state index < -0.39 is 0 Å². The summed E-state index contributed by atoms with van der Waals surface area (Å²) >= 11 is 0. The Morgan fingerprint density at radius 1 is 1.25 bits per heavy atom. The number of hydrogen-bond acceptors (Lipinski definition) is 4. The molecule has 104 valence electrons. The molecular formula is C15H16N2O3. The van der Waals surface area contributed by atoms with Crippen LogP contribution in [0.1, 0.15) is 12.8 Å². The van der Waals surface area contributed by atoms with Crippen LogP contribution >= 0.6 is 0 Å². The lowest BCUT2D eigenvalue weighted by atomic mass is 10.2. The number of nitrogens with zero attached hydrogens (tertiary/aromatic N) is 1. The van der Waals surface area contributed by atoms with Crippen LogP contribution in [0.5, 0.6) is 11.5 Å². The highest BCUT2D eigenvalue weighted by atomic mass is 16.5. The summed E-state index contributed by atoms with van der Waals surface area (Å²) in [6.45, 7) is 0.467. The molecular weight excluding hydrogens is 256 g/mol. The third-order valence-electron chi connectivity index (χ3n) is 2.60. The normalized spacial score (nSPS) is 10.0. The molecule has 1 heterocycles. The Bertz CT molecular complexity index is 541. The molecule has 2 rings (SSSR count). The third kappa shape index (κ3) is 4.61. The predicted molar refractivity (Wildman–Crippen MR) is 75.7 cm³/mol. The molecule has 0 spiro atoms. The first-order chi connectivity index (χ1) is 9.74. The van der Waals surface area contributed by atoms with E-state index in [1.165, 1.54) is 12.1 Å². The topological polar surface area (TPSA) is 71.5 Å². The average Bonchev–Trinajstić information content (AvgIpc) is 2.47. The fourth-order valence-electron chi connectivity index (χ4n) is 1.62. The Morgan fingerprint density at radius 2 is 2.05 bits per heavy atom. The summed E-state index contributed by atoms with van der Waals surface area (Å²) in [5.74, 6) is 0.796. The number of carbonyl (C=O) groups is 1. The van der Waals surface area contributed by atoms with Crippen LogP contribution in [0.15, 0.2) is 48.8 Å². The number of phenolic OH excluding ortho intramolecular Hbond substituents is 1. The maximum absolute atomic E-state index is 11.7. The van der Waals surface area contributed by atoms with Crippen molar-refractivity contribution < 1.29 is 14.6 Å². The van der Waals surface area contributed by atoms with Crippen LogP contribution in [0, 0.1) is 0 Å². The number of amides is 1. The largest absolute Gasteiger partial charge is 0.508 e. The Hall–Kier alpha value is -2.56. The van der Waals surface area contributed by atoms with Crippen LogP contribution in [-0.4, -0.2) is 22.6 Å². The van der Waals surface area contributed by atoms with Gasteiger partial charge < -0.3 is 15.2 Å². The second kappa shape index (κ2) is 7.13. The summed E-state index contributed by atoms with van der Waals surface area (Å²) in [4.78, 5) is 15.6. The second-order valence-electron chi connectivity index (χ2n) is 4.24. The molecule has 2 N–H and O–H groups in total. The number of anilines is 1. The van der Waals surface area contributed by atoms with E-state index in [0.717, 1.165) is 0 Å². The van der Waals surface area contributed by atoms with Crippen LogP contribution in [-0.2, 0) is 4.79 Å². The lowest BCUT2D eigenvalue weighted by Gasteiger charge is -2.06. The third-order valence-corrected chi connectivity index (χ3v) is 2.60. The van der Waals surface area contributed by atoms with Crippen molar-refractivity contribution >= 4 is 11.6 Å². The molecule has 2 aromatic rings. The molecule has 5 nitrogen and oxygen atoms in total. The molecule has 0 unspecified atom stereocenters. The van der Waals surface area contributed by atoms with Crippen LogP contribution in [0.3, 0.4) is 0 Å². The minimum atomic E-state index is -0.0783. The number of pyridine rings is 1. The van der Waals surface area contributed by atoms with E-state index in [0.29, 0.717) is 30.9 Å². The lowest BCUT2D eigenvalue weighted by molar-refractivity contribution is -0.116. The van der Waals surface area contributed by atoms with Gasteiger partial charge in [0.05, 0.1) is 12.8 Å². The highest BCUT2D eigenvalue weighted by molar-refractivity contribution is 5.90. The Balaban J connectivity index is 1.66. The first-order valence-electron chi connectivity index (χ1n) is 6.36. The molecule has 0 radical (unpaired) electrons. The molecule has 1 aromatic carbocycles. The van der Waals surface area contributed by atoms with E-state index in [4.69, 9.17) is 9.84 Å². The molecule has 0 saturated heterocycles. The van der Waals surface area contributed by atoms with Gasteiger partial charge in [0.15, 0.2) is 0 Å². The molecule has 1 aromatic heterocycles. The van der Waals surface area contributed by atoms with E-state index in [9.17, 15) is 4.79 Å². The molecule has 0 atom stereocenters. The van der Waals surface area contributed by atoms with Crippen LogP contribution in [0.4, 0.5) is 5.69 Å². The van der Waals surface area contributed by atoms with E-state index in [1.54, 1.807) is 30.6 Å². The lowest BCUT2D eigenvalue weighted by Crippen LogP contribution is -2.12. The van der Waals surface area contributed by atoms with Gasteiger partial charge in [-0.3, -0.25) is 9.78 Å². The van der Waals surface area contributed by atoms with Gasteiger partial charge in [-0.2, -0.15) is 0 Å². The molecule has 1 amide bonds. The molecule has 0 saturated carbocycles. The fraction of sp³-hybridized carbons (Fsp3) is 0.200. The molecule has 0 bridgehead atoms. The Kier molecular flexibility index (Phi) is 4.94. The quantitative estimate of drug-likeness (QED) is 0.626. The van der Waals surface area contributed by atoms with Crippen molar-refractivity contribution in [3.63, 3.8) is 0 Å². The number of benzene rings is 1. The van der Waals surface area contributed by atoms with Gasteiger partial charge in [0.1, 0.15) is 11.5 Å². The SMILES string of the molecule is O=C(CCCOc1cccnc1)Nc1ccc(O)cc1. The van der Waals surface area contributed by atoms with Crippen molar-refractivity contribution in [1.82, 2.24) is 4.98 Å². The van der Waals surface area contributed by atoms with Crippen LogP contribution in [0.25, 0.3) is 0 Å². The number of carbonyl (C=O) groups excluding carboxylic acids is 1. The zero-order valence-corrected chi connectivity index (χ0v) is 11.0. The summed E-state index contributed by atoms with van der Waals surface area (Å²) in [7, 11) is 0. The first kappa shape index (κ1) is 13.9. The predicted octanol–water partition coefficient (Wildman–Crippen LogP) is 2.58. The highest BCUT2D eigenvalue weighted by Crippen LogP contribution is 2.14. The van der Waals surface area contributed by atoms with Gasteiger partial charge in [-0.15, -0.1) is 0 Å². The van der Waals surface area contributed by atoms with Crippen LogP contribution in [0.2, 0.25) is 0 Å². The van der Waals surface area contributed by atoms with Crippen molar-refractivity contribution in [1.29, 1.82) is 0 Å². The van der Waals surface area contributed by atoms with Gasteiger partial charge >= 0.3 is 0 Å². The van der Waals surface area contributed by atoms with Crippen molar-refractivity contribution in [3.05, 3.63) is 48.8 Å². The van der Waals surface area contributed by atoms with Gasteiger partial charge in [0.25, 0.3) is 0 Å². The fourth-order valence-corrected chi connectivity index (χ4v) is 1.62. The summed E-state index contributed by atoms with van der Waals surface area (Å²) in [6, 6.07) is 9.98. The minimum Gasteiger partial charge on any atom is -0.508 e. The van der Waals surface area contributed by atoms with Gasteiger partial charge in [0, 0.05) is 18.3 Å². The monoisotopic (exact) mass is 272 g/mol. The number of phenols is 1. The van der Waals surface area contributed by atoms with Crippen molar-refractivity contribution in [2.75, 3.05) is 11.9 Å². The zero-order chi connectivity index (χ0) is 14.2. The summed E-state index contributed by atoms with van der Waals surface area (Å²) in [6.07, 6.45) is 4.31. The number of aromatic hydroxyl groups is 1. The van der Waals surface area contributed by atoms with Gasteiger partial charge in [-0.1, -0.05) is 0 Å². The van der Waals surface area contributed by atoms with Crippen molar-refractivity contribution in [2.24, 2.45) is 0 Å². The smallest absolute Gasteiger partial charge is 0.224 e. The Labute approximate surface area is 117 Å². The standard InChI is InChI=1S/C15H16N2O3/c18-13-7-5-12(6-8-13)17-15(19)4-2-10-20-14-3-1-9-16-11-14/h1,3,5-9,11,18H,2,4,10H2,(H,17,19). The van der Waals surface area contributed by atoms with E-state index >= 15 is 0 Å². The number of hydrogen-bond donors (Lipinski definition) is 2. The van der Waals surface area contributed by atoms with Crippen LogP contribution < -0.4 is 10.1 Å². The summed E-state index contributed by atoms with van der Waals surface area (Å²) in [5, 5.41) is 11.9. The van der Waals surface area contributed by atoms with E-state index in [1.807, 2.05) is 6.07 Å². The molecule has 0 fully saturated rings. The van der Waals surface area contributed by atoms with Gasteiger partial charge in [-0.25, -0.2) is 0 Å². The number of rotatable bonds is 6.